The van der Waals surface area contributed by atoms with Gasteiger partial charge in [-0.25, -0.2) is 9.37 Å². The summed E-state index contributed by atoms with van der Waals surface area (Å²) in [5, 5.41) is 9.32. The van der Waals surface area contributed by atoms with Gasteiger partial charge in [-0.05, 0) is 35.9 Å². The lowest BCUT2D eigenvalue weighted by molar-refractivity contribution is 0.628. The van der Waals surface area contributed by atoms with Crippen LogP contribution in [-0.4, -0.2) is 9.97 Å². The fourth-order valence-corrected chi connectivity index (χ4v) is 2.18. The Balaban J connectivity index is 2.22. The second-order valence-corrected chi connectivity index (χ2v) is 4.65. The number of nitrogens with two attached hydrogens (primary N) is 1. The number of aromatic nitrogens is 2. The van der Waals surface area contributed by atoms with Crippen LogP contribution in [0.25, 0.3) is 22.5 Å². The normalized spacial score (nSPS) is 10.2. The minimum atomic E-state index is -0.339. The van der Waals surface area contributed by atoms with Crippen molar-refractivity contribution >= 4 is 5.82 Å². The van der Waals surface area contributed by atoms with E-state index in [4.69, 9.17) is 5.73 Å². The van der Waals surface area contributed by atoms with Crippen molar-refractivity contribution < 1.29 is 4.39 Å². The summed E-state index contributed by atoms with van der Waals surface area (Å²) in [5.41, 5.74) is 8.70. The van der Waals surface area contributed by atoms with E-state index in [0.717, 1.165) is 0 Å². The first kappa shape index (κ1) is 13.7. The number of benzene rings is 1. The third-order valence-corrected chi connectivity index (χ3v) is 3.24. The van der Waals surface area contributed by atoms with Crippen LogP contribution in [0, 0.1) is 17.1 Å². The number of pyridine rings is 2. The summed E-state index contributed by atoms with van der Waals surface area (Å²) < 4.78 is 13.1. The van der Waals surface area contributed by atoms with E-state index in [1.54, 1.807) is 30.5 Å². The van der Waals surface area contributed by atoms with Crippen LogP contribution in [-0.2, 0) is 0 Å². The van der Waals surface area contributed by atoms with Crippen LogP contribution in [0.1, 0.15) is 5.56 Å². The number of anilines is 1. The smallest absolute Gasteiger partial charge is 0.142 e. The predicted molar refractivity (Wildman–Crippen MR) is 82.0 cm³/mol. The Hall–Kier alpha value is -3.26. The topological polar surface area (TPSA) is 75.6 Å². The number of hydrogen-bond donors (Lipinski definition) is 1. The molecule has 1 aromatic carbocycles. The van der Waals surface area contributed by atoms with E-state index >= 15 is 0 Å². The third kappa shape index (κ3) is 2.50. The highest BCUT2D eigenvalue weighted by Crippen LogP contribution is 2.30. The zero-order valence-corrected chi connectivity index (χ0v) is 11.5. The molecule has 106 valence electrons. The van der Waals surface area contributed by atoms with Gasteiger partial charge < -0.3 is 5.73 Å². The molecule has 0 atom stereocenters. The minimum absolute atomic E-state index is 0.130. The molecule has 22 heavy (non-hydrogen) atoms. The molecule has 0 fully saturated rings. The van der Waals surface area contributed by atoms with Crippen molar-refractivity contribution in [1.29, 1.82) is 5.26 Å². The van der Waals surface area contributed by atoms with Crippen LogP contribution >= 0.6 is 0 Å². The first-order valence-electron chi connectivity index (χ1n) is 6.57. The molecule has 0 saturated carbocycles. The van der Waals surface area contributed by atoms with Gasteiger partial charge in [0, 0.05) is 11.8 Å². The van der Waals surface area contributed by atoms with E-state index in [-0.39, 0.29) is 17.2 Å². The molecular formula is C17H11FN4. The second-order valence-electron chi connectivity index (χ2n) is 4.65. The largest absolute Gasteiger partial charge is 0.383 e. The van der Waals surface area contributed by atoms with E-state index in [9.17, 15) is 9.65 Å². The van der Waals surface area contributed by atoms with Gasteiger partial charge in [-0.3, -0.25) is 4.98 Å². The van der Waals surface area contributed by atoms with Crippen molar-refractivity contribution in [2.24, 2.45) is 0 Å². The van der Waals surface area contributed by atoms with Gasteiger partial charge in [0.25, 0.3) is 0 Å². The molecule has 0 radical (unpaired) electrons. The summed E-state index contributed by atoms with van der Waals surface area (Å²) in [6, 6.07) is 15.1. The molecule has 3 rings (SSSR count). The van der Waals surface area contributed by atoms with Crippen molar-refractivity contribution in [2.45, 2.75) is 0 Å². The predicted octanol–water partition coefficient (Wildman–Crippen LogP) is 3.40. The molecule has 0 aliphatic heterocycles. The molecule has 0 aliphatic rings. The standard InChI is InChI=1S/C17H11FN4/c18-12-6-4-11(5-7-12)13-9-16(15-3-1-2-8-21-15)22-17(20)14(13)10-19/h1-9H,(H2,20,22). The van der Waals surface area contributed by atoms with Gasteiger partial charge in [0.15, 0.2) is 0 Å². The first-order valence-corrected chi connectivity index (χ1v) is 6.57. The Bertz CT molecular complexity index is 852. The number of nitrogens with zero attached hydrogens (tertiary/aromatic N) is 3. The van der Waals surface area contributed by atoms with E-state index in [1.165, 1.54) is 12.1 Å². The molecular weight excluding hydrogens is 279 g/mol. The average molecular weight is 290 g/mol. The lowest BCUT2D eigenvalue weighted by Crippen LogP contribution is -2.00. The fourth-order valence-electron chi connectivity index (χ4n) is 2.18. The van der Waals surface area contributed by atoms with Gasteiger partial charge in [-0.1, -0.05) is 18.2 Å². The van der Waals surface area contributed by atoms with Crippen molar-refractivity contribution in [1.82, 2.24) is 9.97 Å². The Morgan fingerprint density at radius 1 is 1.05 bits per heavy atom. The maximum atomic E-state index is 13.1. The van der Waals surface area contributed by atoms with E-state index in [1.807, 2.05) is 12.1 Å². The van der Waals surface area contributed by atoms with E-state index in [2.05, 4.69) is 16.0 Å². The molecule has 4 nitrogen and oxygen atoms in total. The quantitative estimate of drug-likeness (QED) is 0.784. The Kier molecular flexibility index (Phi) is 3.50. The van der Waals surface area contributed by atoms with Crippen molar-refractivity contribution in [2.75, 3.05) is 5.73 Å². The van der Waals surface area contributed by atoms with Gasteiger partial charge in [0.05, 0.1) is 11.4 Å². The molecule has 5 heteroatoms. The zero-order chi connectivity index (χ0) is 15.5. The second kappa shape index (κ2) is 5.62. The number of nitriles is 1. The number of hydrogen-bond acceptors (Lipinski definition) is 4. The maximum absolute atomic E-state index is 13.1. The Morgan fingerprint density at radius 3 is 2.45 bits per heavy atom. The van der Waals surface area contributed by atoms with Crippen molar-refractivity contribution in [3.8, 4) is 28.6 Å². The van der Waals surface area contributed by atoms with Crippen LogP contribution in [0.2, 0.25) is 0 Å². The molecule has 0 amide bonds. The molecule has 0 unspecified atom stereocenters. The summed E-state index contributed by atoms with van der Waals surface area (Å²) >= 11 is 0. The van der Waals surface area contributed by atoms with Gasteiger partial charge in [-0.15, -0.1) is 0 Å². The van der Waals surface area contributed by atoms with Crippen molar-refractivity contribution in [3.63, 3.8) is 0 Å². The molecule has 2 heterocycles. The van der Waals surface area contributed by atoms with Gasteiger partial charge >= 0.3 is 0 Å². The molecule has 3 aromatic rings. The van der Waals surface area contributed by atoms with Crippen LogP contribution in [0.5, 0.6) is 0 Å². The van der Waals surface area contributed by atoms with Crippen molar-refractivity contribution in [3.05, 3.63) is 66.1 Å². The lowest BCUT2D eigenvalue weighted by Gasteiger charge is -2.09. The third-order valence-electron chi connectivity index (χ3n) is 3.24. The number of halogens is 1. The Morgan fingerprint density at radius 2 is 1.82 bits per heavy atom. The van der Waals surface area contributed by atoms with E-state index < -0.39 is 0 Å². The van der Waals surface area contributed by atoms with Gasteiger partial charge in [0.2, 0.25) is 0 Å². The monoisotopic (exact) mass is 290 g/mol. The molecule has 0 aliphatic carbocycles. The van der Waals surface area contributed by atoms with Crippen LogP contribution in [0.15, 0.2) is 54.7 Å². The SMILES string of the molecule is N#Cc1c(-c2ccc(F)cc2)cc(-c2ccccn2)nc1N. The molecule has 2 N–H and O–H groups in total. The van der Waals surface area contributed by atoms with Crippen LogP contribution in [0.3, 0.4) is 0 Å². The molecule has 2 aromatic heterocycles. The van der Waals surface area contributed by atoms with Crippen LogP contribution in [0.4, 0.5) is 10.2 Å². The Labute approximate surface area is 126 Å². The fraction of sp³-hybridized carbons (Fsp3) is 0. The summed E-state index contributed by atoms with van der Waals surface area (Å²) in [5.74, 6) is -0.209. The average Bonchev–Trinajstić information content (AvgIpc) is 2.55. The number of nitrogen functional groups attached to an aromatic ring is 1. The van der Waals surface area contributed by atoms with Gasteiger partial charge in [0.1, 0.15) is 23.3 Å². The van der Waals surface area contributed by atoms with Crippen LogP contribution < -0.4 is 5.73 Å². The molecule has 0 spiro atoms. The highest BCUT2D eigenvalue weighted by Gasteiger charge is 2.13. The van der Waals surface area contributed by atoms with Gasteiger partial charge in [-0.2, -0.15) is 5.26 Å². The zero-order valence-electron chi connectivity index (χ0n) is 11.5. The van der Waals surface area contributed by atoms with E-state index in [0.29, 0.717) is 22.5 Å². The highest BCUT2D eigenvalue weighted by atomic mass is 19.1. The summed E-state index contributed by atoms with van der Waals surface area (Å²) in [7, 11) is 0. The lowest BCUT2D eigenvalue weighted by atomic mass is 9.99. The molecule has 0 bridgehead atoms. The number of rotatable bonds is 2. The first-order chi connectivity index (χ1) is 10.7. The maximum Gasteiger partial charge on any atom is 0.142 e. The summed E-state index contributed by atoms with van der Waals surface area (Å²) in [6.07, 6.45) is 1.66. The summed E-state index contributed by atoms with van der Waals surface area (Å²) in [6.45, 7) is 0. The summed E-state index contributed by atoms with van der Waals surface area (Å²) in [4.78, 5) is 8.47. The highest BCUT2D eigenvalue weighted by molar-refractivity contribution is 5.79. The molecule has 0 saturated heterocycles. The minimum Gasteiger partial charge on any atom is -0.383 e.